The number of hydrogen-bond donors (Lipinski definition) is 0. The third kappa shape index (κ3) is 11.0. The molecule has 6 aliphatic rings. The van der Waals surface area contributed by atoms with Crippen molar-refractivity contribution in [2.75, 3.05) is 0 Å². The van der Waals surface area contributed by atoms with Crippen LogP contribution in [0.1, 0.15) is 193 Å². The molecule has 0 amide bonds. The molecule has 0 spiro atoms. The Hall–Kier alpha value is -1.83. The summed E-state index contributed by atoms with van der Waals surface area (Å²) >= 11 is 0. The summed E-state index contributed by atoms with van der Waals surface area (Å²) in [5, 5.41) is 5.11. The van der Waals surface area contributed by atoms with E-state index in [9.17, 15) is 0 Å². The maximum Gasteiger partial charge on any atom is -0.0166 e. The van der Waals surface area contributed by atoms with Gasteiger partial charge < -0.3 is 0 Å². The molecule has 3 heteroatoms. The molecule has 0 saturated heterocycles. The van der Waals surface area contributed by atoms with Gasteiger partial charge >= 0.3 is 0 Å². The molecule has 336 valence electrons. The van der Waals surface area contributed by atoms with Crippen LogP contribution in [0.15, 0.2) is 91.0 Å². The fraction of sp³-hybridized carbons (Fsp3) is 0.600. The van der Waals surface area contributed by atoms with E-state index in [2.05, 4.69) is 91.0 Å². The van der Waals surface area contributed by atoms with Crippen LogP contribution in [0.2, 0.25) is 0 Å². The van der Waals surface area contributed by atoms with Crippen molar-refractivity contribution < 1.29 is 0 Å². The first-order chi connectivity index (χ1) is 31.2. The van der Waals surface area contributed by atoms with Crippen molar-refractivity contribution in [2.45, 2.75) is 227 Å². The number of benzene rings is 4. The molecule has 63 heavy (non-hydrogen) atoms. The van der Waals surface area contributed by atoms with Crippen LogP contribution in [0, 0.1) is 0 Å². The van der Waals surface area contributed by atoms with E-state index in [0.29, 0.717) is 0 Å². The van der Waals surface area contributed by atoms with Gasteiger partial charge in [-0.1, -0.05) is 212 Å². The maximum atomic E-state index is 2.61. The molecule has 0 bridgehead atoms. The molecule has 0 aromatic heterocycles. The van der Waals surface area contributed by atoms with E-state index in [1.807, 2.05) is 0 Å². The molecule has 4 aromatic rings. The lowest BCUT2D eigenvalue weighted by molar-refractivity contribution is 0.487. The van der Waals surface area contributed by atoms with Crippen molar-refractivity contribution in [2.24, 2.45) is 0 Å². The van der Waals surface area contributed by atoms with Gasteiger partial charge in [-0.25, -0.2) is 0 Å². The molecular formula is C60H81P3. The van der Waals surface area contributed by atoms with E-state index >= 15 is 0 Å². The third-order valence-electron chi connectivity index (χ3n) is 17.2. The highest BCUT2D eigenvalue weighted by atomic mass is 31.1. The Morgan fingerprint density at radius 1 is 0.206 bits per heavy atom. The average molecular weight is 895 g/mol. The minimum Gasteiger partial charge on any atom is -0.0690 e. The molecule has 0 heterocycles. The van der Waals surface area contributed by atoms with Crippen molar-refractivity contribution in [3.8, 4) is 33.4 Å². The highest BCUT2D eigenvalue weighted by molar-refractivity contribution is 7.67. The zero-order valence-corrected chi connectivity index (χ0v) is 41.9. The zero-order chi connectivity index (χ0) is 42.2. The van der Waals surface area contributed by atoms with Crippen LogP contribution in [-0.4, -0.2) is 34.0 Å². The Balaban J connectivity index is 0.990. The predicted molar refractivity (Wildman–Crippen MR) is 284 cm³/mol. The highest BCUT2D eigenvalue weighted by Crippen LogP contribution is 2.57. The summed E-state index contributed by atoms with van der Waals surface area (Å²) in [6, 6.07) is 38.5. The van der Waals surface area contributed by atoms with Crippen molar-refractivity contribution in [1.29, 1.82) is 0 Å². The smallest absolute Gasteiger partial charge is 0.0166 e. The van der Waals surface area contributed by atoms with Crippen LogP contribution in [0.3, 0.4) is 0 Å². The molecular weight excluding hydrogens is 814 g/mol. The van der Waals surface area contributed by atoms with Gasteiger partial charge in [-0.15, -0.1) is 0 Å². The van der Waals surface area contributed by atoms with Crippen LogP contribution >= 0.6 is 23.8 Å². The Labute approximate surface area is 388 Å². The van der Waals surface area contributed by atoms with Gasteiger partial charge in [-0.3, -0.25) is 0 Å². The second-order valence-corrected chi connectivity index (χ2v) is 29.8. The van der Waals surface area contributed by atoms with Gasteiger partial charge in [0.05, 0.1) is 0 Å². The lowest BCUT2D eigenvalue weighted by Gasteiger charge is -2.39. The van der Waals surface area contributed by atoms with Crippen LogP contribution in [0.4, 0.5) is 0 Å². The molecule has 0 nitrogen and oxygen atoms in total. The summed E-state index contributed by atoms with van der Waals surface area (Å²) in [5.74, 6) is 0. The Kier molecular flexibility index (Phi) is 15.9. The summed E-state index contributed by atoms with van der Waals surface area (Å²) in [6.07, 6.45) is 43.9. The van der Waals surface area contributed by atoms with Crippen molar-refractivity contribution >= 4 is 39.7 Å². The van der Waals surface area contributed by atoms with Gasteiger partial charge in [0.1, 0.15) is 0 Å². The highest BCUT2D eigenvalue weighted by Gasteiger charge is 2.35. The van der Waals surface area contributed by atoms with E-state index in [1.165, 1.54) is 226 Å². The molecule has 10 rings (SSSR count). The molecule has 0 unspecified atom stereocenters. The second kappa shape index (κ2) is 22.3. The fourth-order valence-corrected chi connectivity index (χ4v) is 25.2. The molecule has 6 aliphatic carbocycles. The normalized spacial score (nSPS) is 22.3. The molecule has 6 saturated carbocycles. The zero-order valence-electron chi connectivity index (χ0n) is 39.2. The van der Waals surface area contributed by atoms with Crippen LogP contribution in [0.5, 0.6) is 0 Å². The Bertz CT molecular complexity index is 1680. The number of hydrogen-bond acceptors (Lipinski definition) is 0. The standard InChI is InChI=1S/C60H81P3/c1-7-19-52(20-8-1)61(53-21-9-2-10-22-53)58-37-31-46(32-38-58)49-43-50(47-33-39-59(40-34-47)62(54-23-11-3-12-24-54)55-25-13-4-14-26-55)45-51(44-49)48-35-41-60(42-36-48)63(56-27-15-5-16-28-56)57-29-17-6-18-30-57/h31-45,52-57H,1-30H2. The third-order valence-corrected chi connectivity index (χ3v) is 27.7. The quantitative estimate of drug-likeness (QED) is 0.124. The predicted octanol–water partition coefficient (Wildman–Crippen LogP) is 18.0. The van der Waals surface area contributed by atoms with E-state index in [1.54, 1.807) is 15.9 Å². The van der Waals surface area contributed by atoms with Crippen LogP contribution < -0.4 is 15.9 Å². The van der Waals surface area contributed by atoms with Gasteiger partial charge in [0.2, 0.25) is 0 Å². The van der Waals surface area contributed by atoms with E-state index < -0.39 is 0 Å². The average Bonchev–Trinajstić information content (AvgIpc) is 3.37. The summed E-state index contributed by atoms with van der Waals surface area (Å²) < 4.78 is 0. The topological polar surface area (TPSA) is 0 Å². The Morgan fingerprint density at radius 2 is 0.381 bits per heavy atom. The first-order valence-corrected chi connectivity index (χ1v) is 31.5. The minimum atomic E-state index is -0.0931. The molecule has 0 aliphatic heterocycles. The van der Waals surface area contributed by atoms with Gasteiger partial charge in [0.15, 0.2) is 0 Å². The largest absolute Gasteiger partial charge is 0.0690 e. The second-order valence-electron chi connectivity index (χ2n) is 21.4. The summed E-state index contributed by atoms with van der Waals surface area (Å²) in [4.78, 5) is 0. The lowest BCUT2D eigenvalue weighted by atomic mass is 9.93. The van der Waals surface area contributed by atoms with Gasteiger partial charge in [0.25, 0.3) is 0 Å². The van der Waals surface area contributed by atoms with E-state index in [4.69, 9.17) is 0 Å². The van der Waals surface area contributed by atoms with Gasteiger partial charge in [0, 0.05) is 0 Å². The molecule has 6 fully saturated rings. The molecule has 0 N–H and O–H groups in total. The first-order valence-electron chi connectivity index (χ1n) is 27.1. The lowest BCUT2D eigenvalue weighted by Crippen LogP contribution is -2.26. The SMILES string of the molecule is c1cc(P(C2CCCCC2)C2CCCCC2)ccc1-c1cc(-c2ccc(P(C3CCCCC3)C3CCCCC3)cc2)cc(-c2ccc(P(C3CCCCC3)C3CCCCC3)cc2)c1. The van der Waals surface area contributed by atoms with Crippen LogP contribution in [-0.2, 0) is 0 Å². The molecule has 0 atom stereocenters. The van der Waals surface area contributed by atoms with E-state index in [-0.39, 0.29) is 23.8 Å². The van der Waals surface area contributed by atoms with Gasteiger partial charge in [-0.2, -0.15) is 0 Å². The maximum absolute atomic E-state index is 2.61. The fourth-order valence-electron chi connectivity index (χ4n) is 13.9. The molecule has 4 aromatic carbocycles. The van der Waals surface area contributed by atoms with Crippen molar-refractivity contribution in [1.82, 2.24) is 0 Å². The number of rotatable bonds is 12. The van der Waals surface area contributed by atoms with Gasteiger partial charge in [-0.05, 0) is 178 Å². The Morgan fingerprint density at radius 3 is 0.556 bits per heavy atom. The van der Waals surface area contributed by atoms with Crippen molar-refractivity contribution in [3.63, 3.8) is 0 Å². The first kappa shape index (κ1) is 45.0. The minimum absolute atomic E-state index is 0.0931. The summed E-state index contributed by atoms with van der Waals surface area (Å²) in [5.41, 5.74) is 14.0. The van der Waals surface area contributed by atoms with E-state index in [0.717, 1.165) is 34.0 Å². The monoisotopic (exact) mass is 895 g/mol. The molecule has 0 radical (unpaired) electrons. The van der Waals surface area contributed by atoms with Crippen molar-refractivity contribution in [3.05, 3.63) is 91.0 Å². The summed E-state index contributed by atoms with van der Waals surface area (Å²) in [6.45, 7) is 0. The summed E-state index contributed by atoms with van der Waals surface area (Å²) in [7, 11) is -0.279. The van der Waals surface area contributed by atoms with Crippen LogP contribution in [0.25, 0.3) is 33.4 Å².